The van der Waals surface area contributed by atoms with Gasteiger partial charge in [-0.2, -0.15) is 5.26 Å². The maximum atomic E-state index is 11.7. The number of benzene rings is 1. The summed E-state index contributed by atoms with van der Waals surface area (Å²) in [5.41, 5.74) is 1.18. The average Bonchev–Trinajstić information content (AvgIpc) is 2.39. The number of carbonyl (C=O) groups excluding carboxylic acids is 2. The van der Waals surface area contributed by atoms with Crippen LogP contribution < -0.4 is 10.6 Å². The van der Waals surface area contributed by atoms with E-state index in [0.717, 1.165) is 0 Å². The number of carbonyl (C=O) groups is 2. The van der Waals surface area contributed by atoms with E-state index in [9.17, 15) is 9.59 Å². The van der Waals surface area contributed by atoms with Crippen molar-refractivity contribution in [1.82, 2.24) is 5.32 Å². The van der Waals surface area contributed by atoms with E-state index in [1.54, 1.807) is 24.3 Å². The van der Waals surface area contributed by atoms with Gasteiger partial charge in [0, 0.05) is 23.5 Å². The first-order valence-corrected chi connectivity index (χ1v) is 6.22. The summed E-state index contributed by atoms with van der Waals surface area (Å²) in [4.78, 5) is 22.9. The predicted octanol–water partition coefficient (Wildman–Crippen LogP) is 2.23. The SMILES string of the molecule is CC(=O)c1cccc(N/C=C(/C#N)C(=O)NC(C)C)c1. The molecule has 1 amide bonds. The molecule has 1 aromatic carbocycles. The number of nitriles is 1. The molecule has 0 spiro atoms. The summed E-state index contributed by atoms with van der Waals surface area (Å²) in [7, 11) is 0. The number of amides is 1. The van der Waals surface area contributed by atoms with E-state index in [4.69, 9.17) is 5.26 Å². The number of ketones is 1. The molecule has 0 fully saturated rings. The van der Waals surface area contributed by atoms with Crippen molar-refractivity contribution in [2.75, 3.05) is 5.32 Å². The van der Waals surface area contributed by atoms with Gasteiger partial charge in [-0.05, 0) is 32.9 Å². The van der Waals surface area contributed by atoms with Crippen molar-refractivity contribution in [2.45, 2.75) is 26.8 Å². The van der Waals surface area contributed by atoms with Gasteiger partial charge in [-0.3, -0.25) is 9.59 Å². The van der Waals surface area contributed by atoms with Gasteiger partial charge in [0.25, 0.3) is 5.91 Å². The monoisotopic (exact) mass is 271 g/mol. The van der Waals surface area contributed by atoms with E-state index < -0.39 is 5.91 Å². The lowest BCUT2D eigenvalue weighted by Crippen LogP contribution is -2.31. The molecule has 104 valence electrons. The molecular formula is C15H17N3O2. The molecule has 0 saturated carbocycles. The Balaban J connectivity index is 2.84. The van der Waals surface area contributed by atoms with Crippen LogP contribution >= 0.6 is 0 Å². The van der Waals surface area contributed by atoms with Gasteiger partial charge in [-0.15, -0.1) is 0 Å². The Morgan fingerprint density at radius 3 is 2.60 bits per heavy atom. The summed E-state index contributed by atoms with van der Waals surface area (Å²) in [6.45, 7) is 5.11. The highest BCUT2D eigenvalue weighted by atomic mass is 16.1. The minimum Gasteiger partial charge on any atom is -0.360 e. The molecule has 0 radical (unpaired) electrons. The number of hydrogen-bond acceptors (Lipinski definition) is 4. The largest absolute Gasteiger partial charge is 0.360 e. The van der Waals surface area contributed by atoms with Crippen LogP contribution in [0.2, 0.25) is 0 Å². The third-order valence-corrected chi connectivity index (χ3v) is 2.44. The van der Waals surface area contributed by atoms with Crippen LogP contribution in [0.5, 0.6) is 0 Å². The highest BCUT2D eigenvalue weighted by Gasteiger charge is 2.09. The number of hydrogen-bond donors (Lipinski definition) is 2. The van der Waals surface area contributed by atoms with Crippen LogP contribution in [-0.2, 0) is 4.79 Å². The Hall–Kier alpha value is -2.61. The first kappa shape index (κ1) is 15.4. The van der Waals surface area contributed by atoms with E-state index in [1.165, 1.54) is 13.1 Å². The fourth-order valence-corrected chi connectivity index (χ4v) is 1.47. The van der Waals surface area contributed by atoms with Crippen molar-refractivity contribution >= 4 is 17.4 Å². The molecule has 0 aromatic heterocycles. The van der Waals surface area contributed by atoms with Crippen LogP contribution in [0.15, 0.2) is 36.0 Å². The maximum absolute atomic E-state index is 11.7. The lowest BCUT2D eigenvalue weighted by Gasteiger charge is -2.08. The number of nitrogens with zero attached hydrogens (tertiary/aromatic N) is 1. The predicted molar refractivity (Wildman–Crippen MR) is 77.0 cm³/mol. The highest BCUT2D eigenvalue weighted by Crippen LogP contribution is 2.11. The van der Waals surface area contributed by atoms with E-state index in [2.05, 4.69) is 10.6 Å². The topological polar surface area (TPSA) is 82.0 Å². The molecule has 2 N–H and O–H groups in total. The molecule has 20 heavy (non-hydrogen) atoms. The molecule has 5 nitrogen and oxygen atoms in total. The van der Waals surface area contributed by atoms with Gasteiger partial charge in [-0.25, -0.2) is 0 Å². The molecule has 0 saturated heterocycles. The van der Waals surface area contributed by atoms with Crippen molar-refractivity contribution in [2.24, 2.45) is 0 Å². The number of anilines is 1. The second-order valence-corrected chi connectivity index (χ2v) is 4.58. The van der Waals surface area contributed by atoms with E-state index in [0.29, 0.717) is 11.3 Å². The van der Waals surface area contributed by atoms with E-state index >= 15 is 0 Å². The minimum absolute atomic E-state index is 0.0214. The molecule has 1 rings (SSSR count). The molecule has 0 heterocycles. The summed E-state index contributed by atoms with van der Waals surface area (Å²) in [5, 5.41) is 14.4. The Kier molecular flexibility index (Phi) is 5.48. The molecular weight excluding hydrogens is 254 g/mol. The van der Waals surface area contributed by atoms with Crippen molar-refractivity contribution in [3.63, 3.8) is 0 Å². The van der Waals surface area contributed by atoms with Crippen LogP contribution in [0.1, 0.15) is 31.1 Å². The van der Waals surface area contributed by atoms with Gasteiger partial charge in [0.05, 0.1) is 0 Å². The van der Waals surface area contributed by atoms with Crippen molar-refractivity contribution < 1.29 is 9.59 Å². The highest BCUT2D eigenvalue weighted by molar-refractivity contribution is 5.98. The van der Waals surface area contributed by atoms with Gasteiger partial charge in [0.2, 0.25) is 0 Å². The second-order valence-electron chi connectivity index (χ2n) is 4.58. The lowest BCUT2D eigenvalue weighted by molar-refractivity contribution is -0.117. The maximum Gasteiger partial charge on any atom is 0.263 e. The van der Waals surface area contributed by atoms with Crippen LogP contribution in [0.3, 0.4) is 0 Å². The molecule has 0 bridgehead atoms. The summed E-state index contributed by atoms with van der Waals surface area (Å²) < 4.78 is 0. The third kappa shape index (κ3) is 4.58. The number of nitrogens with one attached hydrogen (secondary N) is 2. The van der Waals surface area contributed by atoms with Crippen LogP contribution in [0, 0.1) is 11.3 Å². The second kappa shape index (κ2) is 7.10. The summed E-state index contributed by atoms with van der Waals surface area (Å²) in [6.07, 6.45) is 1.33. The fourth-order valence-electron chi connectivity index (χ4n) is 1.47. The van der Waals surface area contributed by atoms with Gasteiger partial charge < -0.3 is 10.6 Å². The Bertz CT molecular complexity index is 583. The smallest absolute Gasteiger partial charge is 0.263 e. The Labute approximate surface area is 118 Å². The molecule has 1 aromatic rings. The molecule has 5 heteroatoms. The van der Waals surface area contributed by atoms with E-state index in [-0.39, 0.29) is 17.4 Å². The first-order chi connectivity index (χ1) is 9.43. The number of Topliss-reactive ketones (excluding diaryl/α,β-unsaturated/α-hetero) is 1. The average molecular weight is 271 g/mol. The first-order valence-electron chi connectivity index (χ1n) is 6.22. The van der Waals surface area contributed by atoms with Crippen molar-refractivity contribution in [3.8, 4) is 6.07 Å². The van der Waals surface area contributed by atoms with E-state index in [1.807, 2.05) is 19.9 Å². The zero-order valence-corrected chi connectivity index (χ0v) is 11.7. The summed E-state index contributed by atoms with van der Waals surface area (Å²) in [5.74, 6) is -0.478. The molecule has 0 atom stereocenters. The zero-order valence-electron chi connectivity index (χ0n) is 11.7. The fraction of sp³-hybridized carbons (Fsp3) is 0.267. The Morgan fingerprint density at radius 1 is 1.35 bits per heavy atom. The van der Waals surface area contributed by atoms with Crippen molar-refractivity contribution in [3.05, 3.63) is 41.6 Å². The third-order valence-electron chi connectivity index (χ3n) is 2.44. The summed E-state index contributed by atoms with van der Waals surface area (Å²) >= 11 is 0. The normalized spacial score (nSPS) is 10.8. The zero-order chi connectivity index (χ0) is 15.1. The van der Waals surface area contributed by atoms with Gasteiger partial charge in [0.15, 0.2) is 5.78 Å². The van der Waals surface area contributed by atoms with Gasteiger partial charge in [-0.1, -0.05) is 12.1 Å². The van der Waals surface area contributed by atoms with Crippen LogP contribution in [0.4, 0.5) is 5.69 Å². The molecule has 0 aliphatic carbocycles. The quantitative estimate of drug-likeness (QED) is 0.489. The van der Waals surface area contributed by atoms with Gasteiger partial charge in [0.1, 0.15) is 11.6 Å². The summed E-state index contributed by atoms with van der Waals surface area (Å²) in [6, 6.07) is 8.63. The van der Waals surface area contributed by atoms with Crippen molar-refractivity contribution in [1.29, 1.82) is 5.26 Å². The Morgan fingerprint density at radius 2 is 2.05 bits per heavy atom. The molecule has 0 unspecified atom stereocenters. The van der Waals surface area contributed by atoms with Crippen LogP contribution in [-0.4, -0.2) is 17.7 Å². The molecule has 0 aliphatic rings. The number of rotatable bonds is 5. The van der Waals surface area contributed by atoms with Crippen LogP contribution in [0.25, 0.3) is 0 Å². The van der Waals surface area contributed by atoms with Gasteiger partial charge >= 0.3 is 0 Å². The minimum atomic E-state index is -0.433. The lowest BCUT2D eigenvalue weighted by atomic mass is 10.1. The standard InChI is InChI=1S/C15H17N3O2/c1-10(2)18-15(20)13(8-16)9-17-14-6-4-5-12(7-14)11(3)19/h4-7,9-10,17H,1-3H3,(H,18,20)/b13-9-. The molecule has 0 aliphatic heterocycles.